The number of halogens is 3. The molecule has 0 saturated heterocycles. The van der Waals surface area contributed by atoms with Gasteiger partial charge < -0.3 is 9.67 Å². The van der Waals surface area contributed by atoms with Gasteiger partial charge in [0, 0.05) is 19.1 Å². The fraction of sp³-hybridized carbons (Fsp3) is 0.818. The van der Waals surface area contributed by atoms with E-state index >= 15 is 0 Å². The highest BCUT2D eigenvalue weighted by atomic mass is 19.4. The van der Waals surface area contributed by atoms with Crippen LogP contribution in [0.5, 0.6) is 0 Å². The van der Waals surface area contributed by atoms with E-state index in [9.17, 15) is 18.3 Å². The minimum atomic E-state index is -4.46. The molecule has 1 aromatic heterocycles. The van der Waals surface area contributed by atoms with Gasteiger partial charge in [0.2, 0.25) is 5.82 Å². The Morgan fingerprint density at radius 1 is 1.16 bits per heavy atom. The molecule has 1 saturated carbocycles. The number of rotatable bonds is 1. The fourth-order valence-corrected chi connectivity index (χ4v) is 3.02. The minimum absolute atomic E-state index is 0.0415. The summed E-state index contributed by atoms with van der Waals surface area (Å²) >= 11 is 0. The van der Waals surface area contributed by atoms with Gasteiger partial charge in [-0.3, -0.25) is 4.90 Å². The quantitative estimate of drug-likeness (QED) is 0.832. The molecule has 2 atom stereocenters. The molecule has 2 heterocycles. The molecule has 3 rings (SSSR count). The lowest BCUT2D eigenvalue weighted by atomic mass is 10.1. The Labute approximate surface area is 108 Å². The largest absolute Gasteiger partial charge is 0.451 e. The van der Waals surface area contributed by atoms with E-state index < -0.39 is 12.0 Å². The maximum Gasteiger partial charge on any atom is 0.451 e. The average Bonchev–Trinajstić information content (AvgIpc) is 2.92. The topological polar surface area (TPSA) is 54.2 Å². The van der Waals surface area contributed by atoms with Crippen molar-refractivity contribution >= 4 is 0 Å². The number of aliphatic hydroxyl groups excluding tert-OH is 1. The van der Waals surface area contributed by atoms with Gasteiger partial charge in [-0.1, -0.05) is 0 Å². The van der Waals surface area contributed by atoms with Gasteiger partial charge >= 0.3 is 6.18 Å². The van der Waals surface area contributed by atoms with E-state index in [-0.39, 0.29) is 18.7 Å². The lowest BCUT2D eigenvalue weighted by Gasteiger charge is -2.34. The van der Waals surface area contributed by atoms with Crippen LogP contribution >= 0.6 is 0 Å². The van der Waals surface area contributed by atoms with Gasteiger partial charge in [-0.25, -0.2) is 0 Å². The van der Waals surface area contributed by atoms with Gasteiger partial charge in [-0.05, 0) is 19.3 Å². The first-order chi connectivity index (χ1) is 8.97. The zero-order valence-electron chi connectivity index (χ0n) is 10.3. The number of aromatic nitrogens is 3. The van der Waals surface area contributed by atoms with Crippen molar-refractivity contribution in [3.63, 3.8) is 0 Å². The number of aliphatic hydroxyl groups is 1. The van der Waals surface area contributed by atoms with Crippen LogP contribution in [0.1, 0.15) is 30.9 Å². The standard InChI is InChI=1S/C11H15F3N4O/c12-11(13,14)10-16-15-9-6-17(4-5-18(9)10)7-2-1-3-8(7)19/h7-8,19H,1-6H2/t7-,8-/m1/s1. The van der Waals surface area contributed by atoms with Gasteiger partial charge in [-0.2, -0.15) is 13.2 Å². The van der Waals surface area contributed by atoms with E-state index in [1.165, 1.54) is 0 Å². The molecule has 0 bridgehead atoms. The molecular formula is C11H15F3N4O. The molecule has 0 aromatic carbocycles. The summed E-state index contributed by atoms with van der Waals surface area (Å²) in [6.45, 7) is 1.04. The van der Waals surface area contributed by atoms with Gasteiger partial charge in [0.25, 0.3) is 0 Å². The normalized spacial score (nSPS) is 28.6. The molecule has 1 N–H and O–H groups in total. The third-order valence-corrected chi connectivity index (χ3v) is 3.95. The summed E-state index contributed by atoms with van der Waals surface area (Å²) in [4.78, 5) is 2.02. The van der Waals surface area contributed by atoms with Crippen LogP contribution in [0.4, 0.5) is 13.2 Å². The summed E-state index contributed by atoms with van der Waals surface area (Å²) in [6.07, 6.45) is -2.22. The molecule has 0 amide bonds. The molecule has 0 radical (unpaired) electrons. The zero-order chi connectivity index (χ0) is 13.6. The fourth-order valence-electron chi connectivity index (χ4n) is 3.02. The van der Waals surface area contributed by atoms with Crippen LogP contribution in [-0.4, -0.2) is 43.5 Å². The molecule has 2 aliphatic rings. The van der Waals surface area contributed by atoms with E-state index in [0.29, 0.717) is 18.9 Å². The molecule has 19 heavy (non-hydrogen) atoms. The van der Waals surface area contributed by atoms with Gasteiger partial charge in [-0.15, -0.1) is 10.2 Å². The van der Waals surface area contributed by atoms with E-state index in [0.717, 1.165) is 23.8 Å². The number of hydrogen-bond acceptors (Lipinski definition) is 4. The molecule has 0 spiro atoms. The van der Waals surface area contributed by atoms with Crippen molar-refractivity contribution in [2.24, 2.45) is 0 Å². The monoisotopic (exact) mass is 276 g/mol. The lowest BCUT2D eigenvalue weighted by molar-refractivity contribution is -0.148. The number of nitrogens with zero attached hydrogens (tertiary/aromatic N) is 4. The highest BCUT2D eigenvalue weighted by molar-refractivity contribution is 5.03. The first-order valence-corrected chi connectivity index (χ1v) is 6.38. The SMILES string of the molecule is O[C@@H]1CCC[C@H]1N1CCn2c(nnc2C(F)(F)F)C1. The predicted octanol–water partition coefficient (Wildman–Crippen LogP) is 1.03. The Morgan fingerprint density at radius 2 is 1.95 bits per heavy atom. The van der Waals surface area contributed by atoms with Crippen molar-refractivity contribution in [3.05, 3.63) is 11.6 Å². The molecule has 1 aliphatic carbocycles. The summed E-state index contributed by atoms with van der Waals surface area (Å²) in [5.74, 6) is -0.591. The van der Waals surface area contributed by atoms with Crippen molar-refractivity contribution < 1.29 is 18.3 Å². The van der Waals surface area contributed by atoms with Crippen molar-refractivity contribution in [2.75, 3.05) is 6.54 Å². The number of alkyl halides is 3. The Morgan fingerprint density at radius 3 is 2.58 bits per heavy atom. The van der Waals surface area contributed by atoms with Gasteiger partial charge in [0.1, 0.15) is 5.82 Å². The maximum atomic E-state index is 12.7. The summed E-state index contributed by atoms with van der Waals surface area (Å²) < 4.78 is 39.2. The molecule has 1 aromatic rings. The molecule has 1 aliphatic heterocycles. The maximum absolute atomic E-state index is 12.7. The first-order valence-electron chi connectivity index (χ1n) is 6.38. The summed E-state index contributed by atoms with van der Waals surface area (Å²) in [5.41, 5.74) is 0. The minimum Gasteiger partial charge on any atom is -0.391 e. The Kier molecular flexibility index (Phi) is 3.01. The average molecular weight is 276 g/mol. The lowest BCUT2D eigenvalue weighted by Crippen LogP contribution is -2.45. The van der Waals surface area contributed by atoms with Crippen LogP contribution < -0.4 is 0 Å². The molecule has 8 heteroatoms. The predicted molar refractivity (Wildman–Crippen MR) is 59.1 cm³/mol. The second kappa shape index (κ2) is 4.45. The van der Waals surface area contributed by atoms with Gasteiger partial charge in [0.15, 0.2) is 0 Å². The Hall–Kier alpha value is -1.15. The van der Waals surface area contributed by atoms with E-state index in [1.54, 1.807) is 0 Å². The highest BCUT2D eigenvalue weighted by Crippen LogP contribution is 2.31. The van der Waals surface area contributed by atoms with Crippen molar-refractivity contribution in [3.8, 4) is 0 Å². The van der Waals surface area contributed by atoms with Crippen LogP contribution in [0.15, 0.2) is 0 Å². The third kappa shape index (κ3) is 2.23. The summed E-state index contributed by atoms with van der Waals surface area (Å²) in [7, 11) is 0. The van der Waals surface area contributed by atoms with Crippen LogP contribution in [-0.2, 0) is 19.3 Å². The van der Waals surface area contributed by atoms with Crippen LogP contribution in [0.3, 0.4) is 0 Å². The second-order valence-electron chi connectivity index (χ2n) is 5.13. The molecule has 1 fully saturated rings. The van der Waals surface area contributed by atoms with Crippen molar-refractivity contribution in [1.29, 1.82) is 0 Å². The number of hydrogen-bond donors (Lipinski definition) is 1. The molecular weight excluding hydrogens is 261 g/mol. The molecule has 106 valence electrons. The summed E-state index contributed by atoms with van der Waals surface area (Å²) in [6, 6.07) is 0.0415. The van der Waals surface area contributed by atoms with E-state index in [2.05, 4.69) is 10.2 Å². The van der Waals surface area contributed by atoms with Crippen LogP contribution in [0.2, 0.25) is 0 Å². The Bertz CT molecular complexity index is 473. The summed E-state index contributed by atoms with van der Waals surface area (Å²) in [5, 5.41) is 16.7. The van der Waals surface area contributed by atoms with Gasteiger partial charge in [0.05, 0.1) is 12.6 Å². The van der Waals surface area contributed by atoms with Crippen LogP contribution in [0.25, 0.3) is 0 Å². The Balaban J connectivity index is 1.80. The highest BCUT2D eigenvalue weighted by Gasteiger charge is 2.41. The smallest absolute Gasteiger partial charge is 0.391 e. The van der Waals surface area contributed by atoms with E-state index in [1.807, 2.05) is 4.90 Å². The zero-order valence-corrected chi connectivity index (χ0v) is 10.3. The third-order valence-electron chi connectivity index (χ3n) is 3.95. The van der Waals surface area contributed by atoms with Crippen LogP contribution in [0, 0.1) is 0 Å². The second-order valence-corrected chi connectivity index (χ2v) is 5.13. The number of fused-ring (bicyclic) bond motifs is 1. The first kappa shape index (κ1) is 12.9. The van der Waals surface area contributed by atoms with E-state index in [4.69, 9.17) is 0 Å². The molecule has 5 nitrogen and oxygen atoms in total. The van der Waals surface area contributed by atoms with Crippen molar-refractivity contribution in [2.45, 2.75) is 50.7 Å². The van der Waals surface area contributed by atoms with Crippen molar-refractivity contribution in [1.82, 2.24) is 19.7 Å². The molecule has 0 unspecified atom stereocenters.